The molecule has 2 heterocycles. The van der Waals surface area contributed by atoms with Crippen molar-refractivity contribution in [1.82, 2.24) is 26.3 Å². The van der Waals surface area contributed by atoms with Gasteiger partial charge >= 0.3 is 0 Å². The zero-order valence-corrected chi connectivity index (χ0v) is 24.8. The Morgan fingerprint density at radius 3 is 2.40 bits per heavy atom. The van der Waals surface area contributed by atoms with Crippen LogP contribution in [-0.4, -0.2) is 59.6 Å². The van der Waals surface area contributed by atoms with Gasteiger partial charge in [-0.15, -0.1) is 0 Å². The Morgan fingerprint density at radius 2 is 1.74 bits per heavy atom. The Bertz CT molecular complexity index is 1310. The van der Waals surface area contributed by atoms with Crippen molar-refractivity contribution in [3.63, 3.8) is 0 Å². The van der Waals surface area contributed by atoms with Crippen LogP contribution >= 0.6 is 0 Å². The van der Waals surface area contributed by atoms with E-state index in [2.05, 4.69) is 26.3 Å². The van der Waals surface area contributed by atoms with Crippen LogP contribution in [0.2, 0.25) is 0 Å². The predicted octanol–water partition coefficient (Wildman–Crippen LogP) is 2.96. The van der Waals surface area contributed by atoms with E-state index in [1.54, 1.807) is 0 Å². The standard InChI is InChI=1S/C32H43N5O5/c1-19(2)27(37-32(42)28-20(3)15-22-11-7-8-12-25(22)35-28)31(41)36-26(16-21-9-5-4-6-10-21)30(40)34-24(18-38)17-23-13-14-33-29(23)39/h7-8,11-12,15,18-19,21,23-24,26-27H,4-6,9-10,13-14,16-17H2,1-3H3,(H,33,39)(H,34,40)(H,36,41)(H,37,42)/t23-,24-,26-,27?/m0/s1. The molecular formula is C32H43N5O5. The minimum absolute atomic E-state index is 0.116. The van der Waals surface area contributed by atoms with Gasteiger partial charge in [-0.1, -0.05) is 64.2 Å². The molecule has 1 aliphatic carbocycles. The second-order valence-electron chi connectivity index (χ2n) is 12.1. The summed E-state index contributed by atoms with van der Waals surface area (Å²) in [5, 5.41) is 12.2. The Kier molecular flexibility index (Phi) is 10.7. The van der Waals surface area contributed by atoms with Crippen molar-refractivity contribution in [2.24, 2.45) is 17.8 Å². The minimum atomic E-state index is -0.907. The number of nitrogens with zero attached hydrogens (tertiary/aromatic N) is 1. The number of amides is 4. The molecule has 1 unspecified atom stereocenters. The monoisotopic (exact) mass is 577 g/mol. The van der Waals surface area contributed by atoms with Crippen LogP contribution in [0.15, 0.2) is 30.3 Å². The Balaban J connectivity index is 1.48. The number of para-hydroxylation sites is 1. The van der Waals surface area contributed by atoms with Crippen molar-refractivity contribution in [1.29, 1.82) is 0 Å². The van der Waals surface area contributed by atoms with E-state index in [0.29, 0.717) is 36.8 Å². The third kappa shape index (κ3) is 7.92. The average molecular weight is 578 g/mol. The van der Waals surface area contributed by atoms with Crippen molar-refractivity contribution in [3.8, 4) is 0 Å². The number of carbonyl (C=O) groups is 5. The summed E-state index contributed by atoms with van der Waals surface area (Å²) in [4.78, 5) is 68.9. The molecule has 0 spiro atoms. The van der Waals surface area contributed by atoms with E-state index in [-0.39, 0.29) is 35.8 Å². The van der Waals surface area contributed by atoms with E-state index in [1.165, 1.54) is 0 Å². The lowest BCUT2D eigenvalue weighted by Crippen LogP contribution is -2.57. The number of aldehydes is 1. The maximum atomic E-state index is 13.6. The van der Waals surface area contributed by atoms with Crippen molar-refractivity contribution >= 4 is 40.8 Å². The van der Waals surface area contributed by atoms with Gasteiger partial charge < -0.3 is 26.1 Å². The average Bonchev–Trinajstić information content (AvgIpc) is 3.38. The van der Waals surface area contributed by atoms with Crippen LogP contribution < -0.4 is 21.3 Å². The van der Waals surface area contributed by atoms with Gasteiger partial charge in [0.2, 0.25) is 17.7 Å². The highest BCUT2D eigenvalue weighted by Gasteiger charge is 2.33. The van der Waals surface area contributed by atoms with Crippen molar-refractivity contribution in [3.05, 3.63) is 41.6 Å². The summed E-state index contributed by atoms with van der Waals surface area (Å²) in [6, 6.07) is 6.80. The van der Waals surface area contributed by atoms with Gasteiger partial charge in [-0.05, 0) is 55.7 Å². The van der Waals surface area contributed by atoms with E-state index in [9.17, 15) is 24.0 Å². The van der Waals surface area contributed by atoms with Gasteiger partial charge in [0.15, 0.2) is 0 Å². The molecule has 10 heteroatoms. The SMILES string of the molecule is Cc1cc2ccccc2nc1C(=O)NC(C(=O)N[C@@H](CC1CCCCC1)C(=O)N[C@H](C=O)C[C@@H]1CCNC1=O)C(C)C. The number of aromatic nitrogens is 1. The smallest absolute Gasteiger partial charge is 0.270 e. The molecule has 4 N–H and O–H groups in total. The minimum Gasteiger partial charge on any atom is -0.356 e. The number of hydrogen-bond acceptors (Lipinski definition) is 6. The van der Waals surface area contributed by atoms with Gasteiger partial charge in [-0.3, -0.25) is 19.2 Å². The lowest BCUT2D eigenvalue weighted by atomic mass is 9.84. The van der Waals surface area contributed by atoms with Gasteiger partial charge in [-0.25, -0.2) is 4.98 Å². The number of fused-ring (bicyclic) bond motifs is 1. The number of carbonyl (C=O) groups excluding carboxylic acids is 5. The van der Waals surface area contributed by atoms with Crippen LogP contribution in [0.3, 0.4) is 0 Å². The summed E-state index contributed by atoms with van der Waals surface area (Å²) in [5.74, 6) is -1.83. The molecule has 1 saturated carbocycles. The summed E-state index contributed by atoms with van der Waals surface area (Å²) < 4.78 is 0. The first kappa shape index (κ1) is 31.1. The molecule has 0 radical (unpaired) electrons. The second-order valence-corrected chi connectivity index (χ2v) is 12.1. The van der Waals surface area contributed by atoms with Gasteiger partial charge in [-0.2, -0.15) is 0 Å². The van der Waals surface area contributed by atoms with E-state index in [1.807, 2.05) is 51.1 Å². The third-order valence-electron chi connectivity index (χ3n) is 8.49. The molecular weight excluding hydrogens is 534 g/mol. The second kappa shape index (κ2) is 14.4. The number of benzene rings is 1. The Labute approximate surface area is 247 Å². The molecule has 1 aromatic heterocycles. The van der Waals surface area contributed by atoms with Crippen LogP contribution in [-0.2, 0) is 19.2 Å². The van der Waals surface area contributed by atoms with Crippen molar-refractivity contribution in [2.75, 3.05) is 6.54 Å². The fourth-order valence-corrected chi connectivity index (χ4v) is 6.05. The molecule has 4 atom stereocenters. The molecule has 1 saturated heterocycles. The quantitative estimate of drug-likeness (QED) is 0.285. The number of nitrogens with one attached hydrogen (secondary N) is 4. The number of pyridine rings is 1. The van der Waals surface area contributed by atoms with Gasteiger partial charge in [0, 0.05) is 17.8 Å². The van der Waals surface area contributed by atoms with E-state index >= 15 is 0 Å². The highest BCUT2D eigenvalue weighted by molar-refractivity contribution is 6.00. The first-order chi connectivity index (χ1) is 20.2. The summed E-state index contributed by atoms with van der Waals surface area (Å²) in [7, 11) is 0. The molecule has 1 aromatic carbocycles. The molecule has 4 amide bonds. The predicted molar refractivity (Wildman–Crippen MR) is 159 cm³/mol. The van der Waals surface area contributed by atoms with E-state index in [0.717, 1.165) is 37.5 Å². The number of rotatable bonds is 12. The summed E-state index contributed by atoms with van der Waals surface area (Å²) in [6.07, 6.45) is 7.16. The maximum absolute atomic E-state index is 13.6. The molecule has 10 nitrogen and oxygen atoms in total. The normalized spacial score (nSPS) is 19.5. The summed E-state index contributed by atoms with van der Waals surface area (Å²) in [5.41, 5.74) is 1.62. The highest BCUT2D eigenvalue weighted by Crippen LogP contribution is 2.28. The zero-order chi connectivity index (χ0) is 30.2. The first-order valence-corrected chi connectivity index (χ1v) is 15.2. The molecule has 2 aromatic rings. The van der Waals surface area contributed by atoms with Crippen LogP contribution in [0.4, 0.5) is 0 Å². The van der Waals surface area contributed by atoms with Crippen LogP contribution in [0.5, 0.6) is 0 Å². The molecule has 1 aliphatic heterocycles. The van der Waals surface area contributed by atoms with Crippen molar-refractivity contribution < 1.29 is 24.0 Å². The Morgan fingerprint density at radius 1 is 1.00 bits per heavy atom. The van der Waals surface area contributed by atoms with Gasteiger partial charge in [0.25, 0.3) is 5.91 Å². The number of hydrogen-bond donors (Lipinski definition) is 4. The Hall–Kier alpha value is -3.82. The van der Waals surface area contributed by atoms with Crippen LogP contribution in [0.25, 0.3) is 10.9 Å². The van der Waals surface area contributed by atoms with E-state index < -0.39 is 35.8 Å². The lowest BCUT2D eigenvalue weighted by Gasteiger charge is -2.30. The largest absolute Gasteiger partial charge is 0.356 e. The van der Waals surface area contributed by atoms with Gasteiger partial charge in [0.1, 0.15) is 24.1 Å². The van der Waals surface area contributed by atoms with Crippen LogP contribution in [0, 0.1) is 24.7 Å². The molecule has 42 heavy (non-hydrogen) atoms. The lowest BCUT2D eigenvalue weighted by molar-refractivity contribution is -0.132. The first-order valence-electron chi connectivity index (χ1n) is 15.2. The fourth-order valence-electron chi connectivity index (χ4n) is 6.05. The molecule has 2 aliphatic rings. The van der Waals surface area contributed by atoms with Gasteiger partial charge in [0.05, 0.1) is 11.6 Å². The third-order valence-corrected chi connectivity index (χ3v) is 8.49. The summed E-state index contributed by atoms with van der Waals surface area (Å²) in [6.45, 7) is 6.02. The molecule has 0 bridgehead atoms. The molecule has 226 valence electrons. The van der Waals surface area contributed by atoms with E-state index in [4.69, 9.17) is 0 Å². The molecule has 4 rings (SSSR count). The highest BCUT2D eigenvalue weighted by atomic mass is 16.2. The van der Waals surface area contributed by atoms with Crippen molar-refractivity contribution in [2.45, 2.75) is 90.3 Å². The fraction of sp³-hybridized carbons (Fsp3) is 0.562. The molecule has 2 fully saturated rings. The number of aryl methyl sites for hydroxylation is 1. The zero-order valence-electron chi connectivity index (χ0n) is 24.8. The summed E-state index contributed by atoms with van der Waals surface area (Å²) >= 11 is 0. The van der Waals surface area contributed by atoms with Crippen LogP contribution in [0.1, 0.15) is 81.3 Å². The maximum Gasteiger partial charge on any atom is 0.270 e. The topological polar surface area (TPSA) is 146 Å².